The summed E-state index contributed by atoms with van der Waals surface area (Å²) in [6, 6.07) is 14.2. The molecule has 1 N–H and O–H groups in total. The zero-order valence-corrected chi connectivity index (χ0v) is 15.5. The van der Waals surface area contributed by atoms with Crippen molar-refractivity contribution in [1.29, 1.82) is 5.26 Å². The molecule has 3 rings (SSSR count). The van der Waals surface area contributed by atoms with Crippen LogP contribution < -0.4 is 4.74 Å². The number of aliphatic hydroxyl groups excluding tert-OH is 1. The van der Waals surface area contributed by atoms with E-state index in [0.29, 0.717) is 12.2 Å². The van der Waals surface area contributed by atoms with Gasteiger partial charge in [0.25, 0.3) is 0 Å². The highest BCUT2D eigenvalue weighted by Gasteiger charge is 2.25. The van der Waals surface area contributed by atoms with Crippen LogP contribution in [0.3, 0.4) is 0 Å². The lowest BCUT2D eigenvalue weighted by Crippen LogP contribution is -2.32. The Morgan fingerprint density at radius 3 is 2.88 bits per heavy atom. The molecular formula is C22H26N2O2. The molecule has 0 radical (unpaired) electrons. The first-order valence-corrected chi connectivity index (χ1v) is 9.17. The van der Waals surface area contributed by atoms with Gasteiger partial charge in [0.2, 0.25) is 0 Å². The van der Waals surface area contributed by atoms with E-state index in [9.17, 15) is 5.11 Å². The number of likely N-dealkylation sites (tertiary alicyclic amines) is 1. The van der Waals surface area contributed by atoms with E-state index in [1.54, 1.807) is 6.07 Å². The van der Waals surface area contributed by atoms with Gasteiger partial charge >= 0.3 is 0 Å². The second kappa shape index (κ2) is 8.35. The lowest BCUT2D eigenvalue weighted by atomic mass is 10.0. The van der Waals surface area contributed by atoms with Crippen molar-refractivity contribution < 1.29 is 9.84 Å². The van der Waals surface area contributed by atoms with Gasteiger partial charge in [-0.25, -0.2) is 0 Å². The third-order valence-electron chi connectivity index (χ3n) is 5.10. The van der Waals surface area contributed by atoms with Crippen molar-refractivity contribution in [2.45, 2.75) is 45.9 Å². The first kappa shape index (κ1) is 18.4. The molecule has 1 aliphatic heterocycles. The second-order valence-corrected chi connectivity index (χ2v) is 7.11. The van der Waals surface area contributed by atoms with Crippen LogP contribution in [0.25, 0.3) is 0 Å². The van der Waals surface area contributed by atoms with Crippen LogP contribution in [0.4, 0.5) is 0 Å². The summed E-state index contributed by atoms with van der Waals surface area (Å²) >= 11 is 0. The first-order chi connectivity index (χ1) is 12.6. The Labute approximate surface area is 155 Å². The highest BCUT2D eigenvalue weighted by atomic mass is 16.5. The molecule has 1 atom stereocenters. The Bertz CT molecular complexity index is 810. The number of aliphatic hydroxyl groups is 1. The van der Waals surface area contributed by atoms with Crippen LogP contribution in [-0.4, -0.2) is 29.2 Å². The molecule has 0 spiro atoms. The third-order valence-corrected chi connectivity index (χ3v) is 5.10. The lowest BCUT2D eigenvalue weighted by Gasteiger charge is -2.25. The highest BCUT2D eigenvalue weighted by Crippen LogP contribution is 2.29. The summed E-state index contributed by atoms with van der Waals surface area (Å²) in [5.41, 5.74) is 5.21. The molecule has 1 fully saturated rings. The average molecular weight is 350 g/mol. The summed E-state index contributed by atoms with van der Waals surface area (Å²) < 4.78 is 6.16. The normalized spacial score (nSPS) is 17.2. The Morgan fingerprint density at radius 2 is 2.12 bits per heavy atom. The van der Waals surface area contributed by atoms with E-state index in [2.05, 4.69) is 36.9 Å². The predicted octanol–water partition coefficient (Wildman–Crippen LogP) is 3.71. The third kappa shape index (κ3) is 4.24. The molecule has 1 saturated heterocycles. The van der Waals surface area contributed by atoms with E-state index in [-0.39, 0.29) is 12.6 Å². The fourth-order valence-electron chi connectivity index (χ4n) is 3.69. The van der Waals surface area contributed by atoms with Crippen molar-refractivity contribution in [3.05, 3.63) is 64.2 Å². The highest BCUT2D eigenvalue weighted by molar-refractivity contribution is 5.43. The van der Waals surface area contributed by atoms with Crippen molar-refractivity contribution >= 4 is 0 Å². The van der Waals surface area contributed by atoms with Crippen molar-refractivity contribution in [2.24, 2.45) is 0 Å². The van der Waals surface area contributed by atoms with Crippen molar-refractivity contribution in [2.75, 3.05) is 13.2 Å². The smallest absolute Gasteiger partial charge is 0.124 e. The van der Waals surface area contributed by atoms with Crippen LogP contribution in [0.5, 0.6) is 5.75 Å². The monoisotopic (exact) mass is 350 g/mol. The molecule has 0 bridgehead atoms. The van der Waals surface area contributed by atoms with E-state index >= 15 is 0 Å². The molecule has 0 aromatic heterocycles. The van der Waals surface area contributed by atoms with E-state index < -0.39 is 0 Å². The first-order valence-electron chi connectivity index (χ1n) is 9.17. The van der Waals surface area contributed by atoms with Crippen LogP contribution in [-0.2, 0) is 13.2 Å². The molecule has 0 unspecified atom stereocenters. The molecule has 0 aliphatic carbocycles. The summed E-state index contributed by atoms with van der Waals surface area (Å²) in [4.78, 5) is 2.35. The minimum atomic E-state index is 0.210. The number of benzene rings is 2. The number of ether oxygens (including phenoxy) is 1. The second-order valence-electron chi connectivity index (χ2n) is 7.11. The molecule has 0 amide bonds. The summed E-state index contributed by atoms with van der Waals surface area (Å²) in [5, 5.41) is 18.7. The van der Waals surface area contributed by atoms with Gasteiger partial charge in [-0.15, -0.1) is 0 Å². The van der Waals surface area contributed by atoms with E-state index in [4.69, 9.17) is 10.00 Å². The maximum atomic E-state index is 9.60. The molecule has 136 valence electrons. The minimum Gasteiger partial charge on any atom is -0.489 e. The van der Waals surface area contributed by atoms with Gasteiger partial charge in [-0.1, -0.05) is 18.2 Å². The van der Waals surface area contributed by atoms with E-state index in [1.807, 2.05) is 18.2 Å². The number of nitrogens with zero attached hydrogens (tertiary/aromatic N) is 2. The van der Waals surface area contributed by atoms with Gasteiger partial charge in [0.15, 0.2) is 0 Å². The molecular weight excluding hydrogens is 324 g/mol. The Kier molecular flexibility index (Phi) is 5.92. The Balaban J connectivity index is 1.80. The topological polar surface area (TPSA) is 56.5 Å². The summed E-state index contributed by atoms with van der Waals surface area (Å²) in [7, 11) is 0. The molecule has 4 heteroatoms. The van der Waals surface area contributed by atoms with Crippen LogP contribution in [0.1, 0.15) is 40.7 Å². The van der Waals surface area contributed by atoms with Gasteiger partial charge in [-0.05, 0) is 68.1 Å². The number of aryl methyl sites for hydroxylation is 2. The molecule has 0 saturated carbocycles. The van der Waals surface area contributed by atoms with Crippen molar-refractivity contribution in [3.8, 4) is 11.8 Å². The van der Waals surface area contributed by atoms with Gasteiger partial charge < -0.3 is 9.84 Å². The fourth-order valence-corrected chi connectivity index (χ4v) is 3.69. The Morgan fingerprint density at radius 1 is 1.27 bits per heavy atom. The van der Waals surface area contributed by atoms with Crippen molar-refractivity contribution in [3.63, 3.8) is 0 Å². The number of hydrogen-bond donors (Lipinski definition) is 1. The van der Waals surface area contributed by atoms with Crippen LogP contribution in [0.15, 0.2) is 36.4 Å². The quantitative estimate of drug-likeness (QED) is 0.863. The van der Waals surface area contributed by atoms with E-state index in [1.165, 1.54) is 16.7 Å². The molecule has 1 heterocycles. The summed E-state index contributed by atoms with van der Waals surface area (Å²) in [6.07, 6.45) is 2.19. The zero-order valence-electron chi connectivity index (χ0n) is 15.5. The SMILES string of the molecule is Cc1cc(C)c(CN2CCC[C@H]2CO)c(OCc2cccc(C#N)c2)c1. The van der Waals surface area contributed by atoms with Gasteiger partial charge in [0, 0.05) is 18.2 Å². The Hall–Kier alpha value is -2.35. The van der Waals surface area contributed by atoms with Crippen LogP contribution in [0, 0.1) is 25.2 Å². The lowest BCUT2D eigenvalue weighted by molar-refractivity contribution is 0.151. The number of hydrogen-bond acceptors (Lipinski definition) is 4. The van der Waals surface area contributed by atoms with Gasteiger partial charge in [0.1, 0.15) is 12.4 Å². The average Bonchev–Trinajstić information content (AvgIpc) is 3.10. The minimum absolute atomic E-state index is 0.210. The largest absolute Gasteiger partial charge is 0.489 e. The van der Waals surface area contributed by atoms with Crippen molar-refractivity contribution in [1.82, 2.24) is 4.90 Å². The maximum absolute atomic E-state index is 9.60. The predicted molar refractivity (Wildman–Crippen MR) is 102 cm³/mol. The van der Waals surface area contributed by atoms with E-state index in [0.717, 1.165) is 37.2 Å². The summed E-state index contributed by atoms with van der Waals surface area (Å²) in [6.45, 7) is 6.66. The molecule has 1 aliphatic rings. The molecule has 4 nitrogen and oxygen atoms in total. The molecule has 2 aromatic carbocycles. The molecule has 26 heavy (non-hydrogen) atoms. The van der Waals surface area contributed by atoms with Crippen LogP contribution >= 0.6 is 0 Å². The van der Waals surface area contributed by atoms with Crippen LogP contribution in [0.2, 0.25) is 0 Å². The van der Waals surface area contributed by atoms with Gasteiger partial charge in [-0.2, -0.15) is 5.26 Å². The standard InChI is InChI=1S/C22H26N2O2/c1-16-9-17(2)21(13-24-8-4-7-20(24)14-25)22(10-16)26-15-19-6-3-5-18(11-19)12-23/h3,5-6,9-11,20,25H,4,7-8,13-15H2,1-2H3/t20-/m0/s1. The summed E-state index contributed by atoms with van der Waals surface area (Å²) in [5.74, 6) is 0.897. The fraction of sp³-hybridized carbons (Fsp3) is 0.409. The van der Waals surface area contributed by atoms with Gasteiger partial charge in [-0.3, -0.25) is 4.90 Å². The maximum Gasteiger partial charge on any atom is 0.124 e. The molecule has 2 aromatic rings. The zero-order chi connectivity index (χ0) is 18.5. The number of rotatable bonds is 6. The van der Waals surface area contributed by atoms with Gasteiger partial charge in [0.05, 0.1) is 18.2 Å². The number of nitriles is 1.